The number of rotatable bonds is 8. The van der Waals surface area contributed by atoms with E-state index in [0.717, 1.165) is 32.1 Å². The predicted octanol–water partition coefficient (Wildman–Crippen LogP) is 2.33. The van der Waals surface area contributed by atoms with Gasteiger partial charge in [0.05, 0.1) is 18.3 Å². The van der Waals surface area contributed by atoms with Gasteiger partial charge in [0, 0.05) is 12.6 Å². The lowest BCUT2D eigenvalue weighted by Crippen LogP contribution is -2.50. The van der Waals surface area contributed by atoms with Crippen molar-refractivity contribution in [2.45, 2.75) is 89.2 Å². The fourth-order valence-corrected chi connectivity index (χ4v) is 3.08. The van der Waals surface area contributed by atoms with Crippen molar-refractivity contribution in [3.63, 3.8) is 0 Å². The number of carboxylic acids is 1. The van der Waals surface area contributed by atoms with Gasteiger partial charge in [-0.3, -0.25) is 10.1 Å². The van der Waals surface area contributed by atoms with Gasteiger partial charge in [0.15, 0.2) is 0 Å². The van der Waals surface area contributed by atoms with Crippen LogP contribution in [0.4, 0.5) is 0 Å². The van der Waals surface area contributed by atoms with Gasteiger partial charge in [0.2, 0.25) is 0 Å². The summed E-state index contributed by atoms with van der Waals surface area (Å²) in [5.41, 5.74) is -0.819. The van der Waals surface area contributed by atoms with Crippen molar-refractivity contribution in [1.82, 2.24) is 5.32 Å². The first kappa shape index (κ1) is 16.7. The van der Waals surface area contributed by atoms with E-state index in [-0.39, 0.29) is 18.3 Å². The van der Waals surface area contributed by atoms with Gasteiger partial charge in [0.25, 0.3) is 0 Å². The quantitative estimate of drug-likeness (QED) is 0.673. The maximum atomic E-state index is 11.4. The summed E-state index contributed by atoms with van der Waals surface area (Å²) in [6.45, 7) is 6.56. The number of carboxylic acid groups (broad SMARTS) is 1. The van der Waals surface area contributed by atoms with E-state index in [0.29, 0.717) is 19.1 Å². The number of ether oxygens (including phenoxy) is 2. The molecule has 2 rings (SSSR count). The molecule has 0 spiro atoms. The SMILES string of the molecule is CC1CC(OCCCC(C)(NC2CC2)C(=O)O)CC(C)O1. The largest absolute Gasteiger partial charge is 0.480 e. The summed E-state index contributed by atoms with van der Waals surface area (Å²) in [5.74, 6) is -0.761. The summed E-state index contributed by atoms with van der Waals surface area (Å²) in [5, 5.41) is 12.7. The molecule has 3 unspecified atom stereocenters. The maximum absolute atomic E-state index is 11.4. The van der Waals surface area contributed by atoms with Crippen molar-refractivity contribution in [1.29, 1.82) is 0 Å². The highest BCUT2D eigenvalue weighted by molar-refractivity contribution is 5.78. The van der Waals surface area contributed by atoms with Crippen LogP contribution in [0.2, 0.25) is 0 Å². The Labute approximate surface area is 127 Å². The third-order valence-corrected chi connectivity index (χ3v) is 4.40. The Hall–Kier alpha value is -0.650. The lowest BCUT2D eigenvalue weighted by molar-refractivity contribution is -0.144. The number of nitrogens with one attached hydrogen (secondary N) is 1. The predicted molar refractivity (Wildman–Crippen MR) is 80.4 cm³/mol. The summed E-state index contributed by atoms with van der Waals surface area (Å²) in [6.07, 6.45) is 6.17. The van der Waals surface area contributed by atoms with Gasteiger partial charge in [-0.2, -0.15) is 0 Å². The zero-order valence-electron chi connectivity index (χ0n) is 13.4. The van der Waals surface area contributed by atoms with Gasteiger partial charge < -0.3 is 14.6 Å². The van der Waals surface area contributed by atoms with E-state index in [9.17, 15) is 9.90 Å². The minimum Gasteiger partial charge on any atom is -0.480 e. The van der Waals surface area contributed by atoms with Crippen LogP contribution in [-0.2, 0) is 14.3 Å². The number of hydrogen-bond acceptors (Lipinski definition) is 4. The molecule has 0 radical (unpaired) electrons. The molecule has 5 nitrogen and oxygen atoms in total. The van der Waals surface area contributed by atoms with Crippen molar-refractivity contribution in [3.05, 3.63) is 0 Å². The van der Waals surface area contributed by atoms with E-state index in [1.54, 1.807) is 6.92 Å². The van der Waals surface area contributed by atoms with Gasteiger partial charge in [-0.25, -0.2) is 0 Å². The fraction of sp³-hybridized carbons (Fsp3) is 0.938. The standard InChI is InChI=1S/C16H29NO4/c1-11-9-14(10-12(2)21-11)20-8-4-7-16(3,15(18)19)17-13-5-6-13/h11-14,17H,4-10H2,1-3H3,(H,18,19). The first-order valence-corrected chi connectivity index (χ1v) is 8.17. The second-order valence-electron chi connectivity index (χ2n) is 6.88. The highest BCUT2D eigenvalue weighted by Gasteiger charge is 2.38. The van der Waals surface area contributed by atoms with E-state index in [2.05, 4.69) is 19.2 Å². The molecule has 2 fully saturated rings. The van der Waals surface area contributed by atoms with Crippen molar-refractivity contribution in [2.75, 3.05) is 6.61 Å². The molecule has 2 aliphatic rings. The molecule has 0 amide bonds. The summed E-state index contributed by atoms with van der Waals surface area (Å²) < 4.78 is 11.6. The Kier molecular flexibility index (Phi) is 5.63. The van der Waals surface area contributed by atoms with Crippen molar-refractivity contribution in [2.24, 2.45) is 0 Å². The highest BCUT2D eigenvalue weighted by Crippen LogP contribution is 2.26. The summed E-state index contributed by atoms with van der Waals surface area (Å²) in [4.78, 5) is 11.4. The van der Waals surface area contributed by atoms with Crippen LogP contribution in [0.1, 0.15) is 59.3 Å². The van der Waals surface area contributed by atoms with Gasteiger partial charge in [0.1, 0.15) is 5.54 Å². The topological polar surface area (TPSA) is 67.8 Å². The van der Waals surface area contributed by atoms with Crippen LogP contribution in [0.25, 0.3) is 0 Å². The highest BCUT2D eigenvalue weighted by atomic mass is 16.5. The summed E-state index contributed by atoms with van der Waals surface area (Å²) >= 11 is 0. The Bertz CT molecular complexity index is 348. The molecule has 1 aliphatic heterocycles. The van der Waals surface area contributed by atoms with Crippen LogP contribution in [-0.4, -0.2) is 47.6 Å². The third kappa shape index (κ3) is 5.24. The second-order valence-corrected chi connectivity index (χ2v) is 6.88. The number of aliphatic carboxylic acids is 1. The van der Waals surface area contributed by atoms with E-state index < -0.39 is 11.5 Å². The van der Waals surface area contributed by atoms with Crippen molar-refractivity contribution >= 4 is 5.97 Å². The van der Waals surface area contributed by atoms with Gasteiger partial charge in [-0.1, -0.05) is 0 Å². The molecule has 2 N–H and O–H groups in total. The molecule has 0 aromatic rings. The average molecular weight is 299 g/mol. The average Bonchev–Trinajstić information content (AvgIpc) is 3.17. The lowest BCUT2D eigenvalue weighted by Gasteiger charge is -2.32. The Morgan fingerprint density at radius 2 is 1.95 bits per heavy atom. The van der Waals surface area contributed by atoms with Crippen LogP contribution in [0.3, 0.4) is 0 Å². The molecule has 21 heavy (non-hydrogen) atoms. The maximum Gasteiger partial charge on any atom is 0.323 e. The van der Waals surface area contributed by atoms with Gasteiger partial charge in [-0.15, -0.1) is 0 Å². The van der Waals surface area contributed by atoms with Gasteiger partial charge in [-0.05, 0) is 59.3 Å². The fourth-order valence-electron chi connectivity index (χ4n) is 3.08. The second kappa shape index (κ2) is 7.07. The Morgan fingerprint density at radius 3 is 2.48 bits per heavy atom. The Balaban J connectivity index is 1.68. The Morgan fingerprint density at radius 1 is 1.33 bits per heavy atom. The first-order chi connectivity index (χ1) is 9.89. The van der Waals surface area contributed by atoms with Crippen LogP contribution in [0, 0.1) is 0 Å². The molecule has 1 heterocycles. The summed E-state index contributed by atoms with van der Waals surface area (Å²) in [6, 6.07) is 0.393. The van der Waals surface area contributed by atoms with E-state index >= 15 is 0 Å². The molecular weight excluding hydrogens is 270 g/mol. The molecular formula is C16H29NO4. The molecule has 3 atom stereocenters. The summed E-state index contributed by atoms with van der Waals surface area (Å²) in [7, 11) is 0. The molecule has 1 aliphatic carbocycles. The molecule has 1 saturated heterocycles. The zero-order chi connectivity index (χ0) is 15.5. The number of carbonyl (C=O) groups is 1. The molecule has 5 heteroatoms. The van der Waals surface area contributed by atoms with Gasteiger partial charge >= 0.3 is 5.97 Å². The van der Waals surface area contributed by atoms with Crippen LogP contribution >= 0.6 is 0 Å². The smallest absolute Gasteiger partial charge is 0.323 e. The van der Waals surface area contributed by atoms with Crippen LogP contribution in [0.15, 0.2) is 0 Å². The molecule has 0 aromatic carbocycles. The first-order valence-electron chi connectivity index (χ1n) is 8.17. The van der Waals surface area contributed by atoms with Crippen LogP contribution < -0.4 is 5.32 Å². The van der Waals surface area contributed by atoms with Crippen molar-refractivity contribution in [3.8, 4) is 0 Å². The van der Waals surface area contributed by atoms with E-state index in [1.165, 1.54) is 0 Å². The molecule has 122 valence electrons. The van der Waals surface area contributed by atoms with E-state index in [4.69, 9.17) is 9.47 Å². The number of hydrogen-bond donors (Lipinski definition) is 2. The minimum atomic E-state index is -0.819. The molecule has 1 saturated carbocycles. The third-order valence-electron chi connectivity index (χ3n) is 4.40. The van der Waals surface area contributed by atoms with Crippen LogP contribution in [0.5, 0.6) is 0 Å². The zero-order valence-corrected chi connectivity index (χ0v) is 13.4. The van der Waals surface area contributed by atoms with E-state index in [1.807, 2.05) is 0 Å². The minimum absolute atomic E-state index is 0.247. The molecule has 0 bridgehead atoms. The van der Waals surface area contributed by atoms with Crippen molar-refractivity contribution < 1.29 is 19.4 Å². The monoisotopic (exact) mass is 299 g/mol. The molecule has 0 aromatic heterocycles. The normalized spacial score (nSPS) is 32.6. The lowest BCUT2D eigenvalue weighted by atomic mass is 9.96.